The third-order valence-electron chi connectivity index (χ3n) is 3.66. The van der Waals surface area contributed by atoms with Gasteiger partial charge in [0.2, 0.25) is 0 Å². The zero-order valence-electron chi connectivity index (χ0n) is 12.6. The minimum absolute atomic E-state index is 0. The summed E-state index contributed by atoms with van der Waals surface area (Å²) < 4.78 is 5.32. The van der Waals surface area contributed by atoms with Gasteiger partial charge in [-0.2, -0.15) is 5.10 Å². The molecule has 0 amide bonds. The number of thiophene rings is 1. The Morgan fingerprint density at radius 3 is 2.73 bits per heavy atom. The Morgan fingerprint density at radius 1 is 1.41 bits per heavy atom. The molecule has 0 radical (unpaired) electrons. The van der Waals surface area contributed by atoms with E-state index in [1.54, 1.807) is 0 Å². The van der Waals surface area contributed by atoms with Crippen molar-refractivity contribution in [1.82, 2.24) is 15.1 Å². The van der Waals surface area contributed by atoms with Crippen LogP contribution in [0, 0.1) is 6.92 Å². The molecule has 7 nitrogen and oxygen atoms in total. The topological polar surface area (TPSA) is 104 Å². The molecule has 0 aliphatic carbocycles. The van der Waals surface area contributed by atoms with Crippen molar-refractivity contribution in [1.29, 1.82) is 0 Å². The van der Waals surface area contributed by atoms with E-state index in [2.05, 4.69) is 15.1 Å². The number of anilines is 1. The van der Waals surface area contributed by atoms with Crippen LogP contribution in [0.2, 0.25) is 0 Å². The summed E-state index contributed by atoms with van der Waals surface area (Å²) in [7, 11) is 0. The average molecular weight is 314 g/mol. The van der Waals surface area contributed by atoms with E-state index >= 15 is 0 Å². The number of carbonyl (C=O) groups is 1. The number of hydrogen-bond donors (Lipinski definition) is 1. The van der Waals surface area contributed by atoms with Crippen LogP contribution < -0.4 is 29.7 Å². The molecule has 3 heterocycles. The van der Waals surface area contributed by atoms with Gasteiger partial charge in [0, 0.05) is 25.0 Å². The third kappa shape index (κ3) is 3.12. The van der Waals surface area contributed by atoms with Crippen LogP contribution >= 0.6 is 11.3 Å². The molecule has 1 aliphatic rings. The number of morpholine rings is 1. The minimum Gasteiger partial charge on any atom is -0.544 e. The molecule has 22 heavy (non-hydrogen) atoms. The molecular weight excluding hydrogens is 299 g/mol. The molecule has 2 aromatic rings. The van der Waals surface area contributed by atoms with E-state index in [0.717, 1.165) is 35.7 Å². The van der Waals surface area contributed by atoms with Gasteiger partial charge in [0.1, 0.15) is 4.83 Å². The van der Waals surface area contributed by atoms with Crippen molar-refractivity contribution in [2.45, 2.75) is 13.5 Å². The number of aromatic nitrogens is 2. The fraction of sp³-hybridized carbons (Fsp3) is 0.462. The van der Waals surface area contributed by atoms with E-state index in [9.17, 15) is 9.90 Å². The van der Waals surface area contributed by atoms with Crippen LogP contribution in [0.3, 0.4) is 0 Å². The number of carboxylic acids is 1. The maximum absolute atomic E-state index is 11.1. The summed E-state index contributed by atoms with van der Waals surface area (Å²) >= 11 is 1.01. The van der Waals surface area contributed by atoms with E-state index in [1.165, 1.54) is 0 Å². The fourth-order valence-electron chi connectivity index (χ4n) is 2.46. The van der Waals surface area contributed by atoms with Gasteiger partial charge in [-0.1, -0.05) is 0 Å². The van der Waals surface area contributed by atoms with Crippen LogP contribution in [0.4, 0.5) is 5.69 Å². The van der Waals surface area contributed by atoms with Gasteiger partial charge >= 0.3 is 18.9 Å². The number of carbonyl (C=O) groups excluding carboxylic acids is 1. The summed E-state index contributed by atoms with van der Waals surface area (Å²) in [5.74, 6) is -1.27. The molecular formula is C13H15LiN4O3S. The van der Waals surface area contributed by atoms with Gasteiger partial charge in [0.05, 0.1) is 35.4 Å². The number of nitrogen functional groups attached to an aromatic ring is 1. The van der Waals surface area contributed by atoms with Crippen molar-refractivity contribution >= 4 is 33.2 Å². The Hall–Kier alpha value is -1.17. The van der Waals surface area contributed by atoms with Gasteiger partial charge in [-0.05, 0) is 12.5 Å². The largest absolute Gasteiger partial charge is 1.00 e. The average Bonchev–Trinajstić information content (AvgIpc) is 2.81. The number of aryl methyl sites for hydroxylation is 1. The Balaban J connectivity index is 0.00000176. The fourth-order valence-corrected chi connectivity index (χ4v) is 3.40. The Labute approximate surface area is 143 Å². The molecule has 0 spiro atoms. The Bertz CT molecular complexity index is 700. The zero-order valence-corrected chi connectivity index (χ0v) is 13.4. The van der Waals surface area contributed by atoms with Gasteiger partial charge in [-0.25, -0.2) is 0 Å². The number of ether oxygens (including phenoxy) is 1. The molecule has 3 rings (SSSR count). The van der Waals surface area contributed by atoms with Crippen LogP contribution in [0.5, 0.6) is 0 Å². The van der Waals surface area contributed by atoms with Crippen LogP contribution in [0.25, 0.3) is 10.2 Å². The molecule has 1 aliphatic heterocycles. The number of hydrogen-bond acceptors (Lipinski definition) is 8. The van der Waals surface area contributed by atoms with Crippen molar-refractivity contribution in [3.05, 3.63) is 16.1 Å². The summed E-state index contributed by atoms with van der Waals surface area (Å²) in [6.07, 6.45) is 0. The summed E-state index contributed by atoms with van der Waals surface area (Å²) in [6.45, 7) is 5.68. The van der Waals surface area contributed by atoms with Crippen LogP contribution in [0.15, 0.2) is 0 Å². The summed E-state index contributed by atoms with van der Waals surface area (Å²) in [5.41, 5.74) is 7.86. The van der Waals surface area contributed by atoms with Crippen molar-refractivity contribution in [3.63, 3.8) is 0 Å². The summed E-state index contributed by atoms with van der Waals surface area (Å²) in [4.78, 5) is 13.8. The van der Waals surface area contributed by atoms with Gasteiger partial charge in [-0.15, -0.1) is 16.4 Å². The van der Waals surface area contributed by atoms with Gasteiger partial charge in [-0.3, -0.25) is 4.90 Å². The molecule has 1 saturated heterocycles. The first-order valence-electron chi connectivity index (χ1n) is 6.63. The van der Waals surface area contributed by atoms with Crippen molar-refractivity contribution in [2.75, 3.05) is 32.0 Å². The van der Waals surface area contributed by atoms with Crippen molar-refractivity contribution < 1.29 is 33.5 Å². The molecule has 1 fully saturated rings. The molecule has 0 aromatic carbocycles. The number of aromatic carboxylic acids is 1. The first kappa shape index (κ1) is 17.2. The molecule has 9 heteroatoms. The normalized spacial score (nSPS) is 15.7. The SMILES string of the molecule is Cc1c(CN2CCOCC2)nnc2sc(C(=O)[O-])c(N)c12.[Li+]. The molecule has 2 aromatic heterocycles. The first-order chi connectivity index (χ1) is 10.1. The number of fused-ring (bicyclic) bond motifs is 1. The monoisotopic (exact) mass is 314 g/mol. The number of rotatable bonds is 3. The molecule has 0 atom stereocenters. The van der Waals surface area contributed by atoms with Crippen LogP contribution in [-0.4, -0.2) is 47.4 Å². The molecule has 0 saturated carbocycles. The molecule has 2 N–H and O–H groups in total. The van der Waals surface area contributed by atoms with Crippen LogP contribution in [-0.2, 0) is 11.3 Å². The summed E-state index contributed by atoms with van der Waals surface area (Å²) in [6, 6.07) is 0. The Kier molecular flexibility index (Phi) is 5.42. The minimum atomic E-state index is -1.27. The summed E-state index contributed by atoms with van der Waals surface area (Å²) in [5, 5.41) is 20.1. The maximum Gasteiger partial charge on any atom is 1.00 e. The predicted molar refractivity (Wildman–Crippen MR) is 77.0 cm³/mol. The van der Waals surface area contributed by atoms with Gasteiger partial charge in [0.15, 0.2) is 0 Å². The maximum atomic E-state index is 11.1. The van der Waals surface area contributed by atoms with Crippen molar-refractivity contribution in [3.8, 4) is 0 Å². The van der Waals surface area contributed by atoms with E-state index in [4.69, 9.17) is 10.5 Å². The second kappa shape index (κ2) is 6.94. The van der Waals surface area contributed by atoms with E-state index in [1.807, 2.05) is 6.92 Å². The smallest absolute Gasteiger partial charge is 0.544 e. The molecule has 0 bridgehead atoms. The first-order valence-corrected chi connectivity index (χ1v) is 7.45. The number of carboxylic acid groups (broad SMARTS) is 1. The van der Waals surface area contributed by atoms with Crippen LogP contribution in [0.1, 0.15) is 20.9 Å². The van der Waals surface area contributed by atoms with E-state index < -0.39 is 5.97 Å². The van der Waals surface area contributed by atoms with Gasteiger partial charge in [0.25, 0.3) is 0 Å². The zero-order chi connectivity index (χ0) is 15.0. The molecule has 0 unspecified atom stereocenters. The third-order valence-corrected chi connectivity index (χ3v) is 4.73. The number of nitrogens with two attached hydrogens (primary N) is 1. The quantitative estimate of drug-likeness (QED) is 0.594. The second-order valence-electron chi connectivity index (χ2n) is 4.97. The standard InChI is InChI=1S/C13H16N4O3S.Li/c1-7-8(6-17-2-4-20-5-3-17)15-16-12-9(7)10(14)11(21-12)13(18)19;/h2-6,14H2,1H3,(H,18,19);/q;+1/p-1. The molecule has 112 valence electrons. The van der Waals surface area contributed by atoms with E-state index in [0.29, 0.717) is 30.0 Å². The Morgan fingerprint density at radius 2 is 2.09 bits per heavy atom. The second-order valence-corrected chi connectivity index (χ2v) is 5.97. The predicted octanol–water partition coefficient (Wildman–Crippen LogP) is -3.22. The van der Waals surface area contributed by atoms with Gasteiger partial charge < -0.3 is 20.4 Å². The van der Waals surface area contributed by atoms with E-state index in [-0.39, 0.29) is 29.4 Å². The number of nitrogens with zero attached hydrogens (tertiary/aromatic N) is 3. The van der Waals surface area contributed by atoms with Crippen molar-refractivity contribution in [2.24, 2.45) is 0 Å².